The zero-order valence-electron chi connectivity index (χ0n) is 15.3. The van der Waals surface area contributed by atoms with Crippen LogP contribution in [-0.4, -0.2) is 30.3 Å². The van der Waals surface area contributed by atoms with Gasteiger partial charge in [0.2, 0.25) is 0 Å². The van der Waals surface area contributed by atoms with Gasteiger partial charge >= 0.3 is 5.97 Å². The van der Waals surface area contributed by atoms with Crippen LogP contribution in [0.2, 0.25) is 5.02 Å². The number of ketones is 1. The summed E-state index contributed by atoms with van der Waals surface area (Å²) in [5, 5.41) is 3.31. The van der Waals surface area contributed by atoms with E-state index >= 15 is 0 Å². The molecule has 0 saturated heterocycles. The number of benzene rings is 2. The molecule has 27 heavy (non-hydrogen) atoms. The molecule has 1 N–H and O–H groups in total. The van der Waals surface area contributed by atoms with Crippen molar-refractivity contribution < 1.29 is 19.1 Å². The van der Waals surface area contributed by atoms with Gasteiger partial charge in [0, 0.05) is 22.2 Å². The van der Waals surface area contributed by atoms with E-state index in [2.05, 4.69) is 5.32 Å². The summed E-state index contributed by atoms with van der Waals surface area (Å²) in [5.41, 5.74) is 0.740. The van der Waals surface area contributed by atoms with Crippen LogP contribution in [-0.2, 0) is 9.53 Å². The second kappa shape index (κ2) is 9.88. The van der Waals surface area contributed by atoms with Crippen molar-refractivity contribution in [3.8, 4) is 0 Å². The van der Waals surface area contributed by atoms with E-state index in [4.69, 9.17) is 16.3 Å². The lowest BCUT2D eigenvalue weighted by Gasteiger charge is -2.15. The Morgan fingerprint density at radius 3 is 2.15 bits per heavy atom. The van der Waals surface area contributed by atoms with Crippen LogP contribution in [0.1, 0.15) is 53.0 Å². The number of carbonyl (C=O) groups is 3. The molecule has 0 atom stereocenters. The minimum absolute atomic E-state index is 0.0509. The zero-order chi connectivity index (χ0) is 19.8. The lowest BCUT2D eigenvalue weighted by Crippen LogP contribution is -2.37. The molecular weight excluding hydrogens is 366 g/mol. The average Bonchev–Trinajstić information content (AvgIpc) is 2.70. The van der Waals surface area contributed by atoms with Crippen LogP contribution in [0.4, 0.5) is 0 Å². The lowest BCUT2D eigenvalue weighted by molar-refractivity contribution is -0.125. The Balaban J connectivity index is 2.10. The Hall–Kier alpha value is -2.66. The van der Waals surface area contributed by atoms with Gasteiger partial charge in [-0.05, 0) is 43.2 Å². The van der Waals surface area contributed by atoms with E-state index in [0.717, 1.165) is 12.8 Å². The number of rotatable bonds is 8. The fraction of sp³-hybridized carbons (Fsp3) is 0.286. The summed E-state index contributed by atoms with van der Waals surface area (Å²) in [6, 6.07) is 12.8. The molecule has 2 aromatic rings. The molecule has 2 aromatic carbocycles. The van der Waals surface area contributed by atoms with E-state index in [9.17, 15) is 14.4 Å². The minimum atomic E-state index is -0.715. The molecule has 142 valence electrons. The van der Waals surface area contributed by atoms with Crippen LogP contribution < -0.4 is 5.32 Å². The van der Waals surface area contributed by atoms with Crippen LogP contribution >= 0.6 is 11.6 Å². The molecule has 0 radical (unpaired) electrons. The van der Waals surface area contributed by atoms with E-state index in [1.807, 2.05) is 13.8 Å². The molecule has 0 aliphatic rings. The molecule has 0 aromatic heterocycles. The van der Waals surface area contributed by atoms with Crippen molar-refractivity contribution in [2.24, 2.45) is 0 Å². The molecule has 2 rings (SSSR count). The molecule has 1 amide bonds. The summed E-state index contributed by atoms with van der Waals surface area (Å²) < 4.78 is 5.10. The maximum Gasteiger partial charge on any atom is 0.339 e. The summed E-state index contributed by atoms with van der Waals surface area (Å²) in [7, 11) is 0. The number of halogens is 1. The van der Waals surface area contributed by atoms with Crippen molar-refractivity contribution in [3.05, 3.63) is 70.2 Å². The fourth-order valence-corrected chi connectivity index (χ4v) is 2.71. The Bertz CT molecular complexity index is 813. The second-order valence-corrected chi connectivity index (χ2v) is 6.48. The van der Waals surface area contributed by atoms with E-state index in [1.54, 1.807) is 42.5 Å². The molecule has 0 bridgehead atoms. The smallest absolute Gasteiger partial charge is 0.339 e. The molecule has 6 heteroatoms. The van der Waals surface area contributed by atoms with Gasteiger partial charge in [0.05, 0.1) is 5.56 Å². The van der Waals surface area contributed by atoms with Crippen molar-refractivity contribution in [1.82, 2.24) is 5.32 Å². The van der Waals surface area contributed by atoms with Crippen LogP contribution in [0.15, 0.2) is 48.5 Å². The maximum absolute atomic E-state index is 12.7. The Morgan fingerprint density at radius 1 is 0.963 bits per heavy atom. The SMILES string of the molecule is CCC(CC)NC(=O)COC(=O)c1ccccc1C(=O)c1ccc(Cl)cc1. The predicted molar refractivity (Wildman–Crippen MR) is 104 cm³/mol. The largest absolute Gasteiger partial charge is 0.452 e. The van der Waals surface area contributed by atoms with Gasteiger partial charge in [-0.15, -0.1) is 0 Å². The Morgan fingerprint density at radius 2 is 1.56 bits per heavy atom. The summed E-state index contributed by atoms with van der Waals surface area (Å²) in [4.78, 5) is 37.0. The van der Waals surface area contributed by atoms with Crippen molar-refractivity contribution >= 4 is 29.3 Å². The van der Waals surface area contributed by atoms with Crippen LogP contribution in [0.3, 0.4) is 0 Å². The highest BCUT2D eigenvalue weighted by Crippen LogP contribution is 2.17. The molecular formula is C21H22ClNO4. The number of ether oxygens (including phenoxy) is 1. The minimum Gasteiger partial charge on any atom is -0.452 e. The molecule has 0 unspecified atom stereocenters. The fourth-order valence-electron chi connectivity index (χ4n) is 2.59. The summed E-state index contributed by atoms with van der Waals surface area (Å²) in [6.45, 7) is 3.55. The first-order valence-electron chi connectivity index (χ1n) is 8.82. The van der Waals surface area contributed by atoms with Gasteiger partial charge in [0.15, 0.2) is 12.4 Å². The van der Waals surface area contributed by atoms with Gasteiger partial charge in [0.25, 0.3) is 5.91 Å². The van der Waals surface area contributed by atoms with Crippen LogP contribution in [0, 0.1) is 0 Å². The third kappa shape index (κ3) is 5.66. The maximum atomic E-state index is 12.7. The first-order chi connectivity index (χ1) is 13.0. The third-order valence-electron chi connectivity index (χ3n) is 4.18. The molecule has 0 heterocycles. The Kier molecular flexibility index (Phi) is 7.55. The van der Waals surface area contributed by atoms with Gasteiger partial charge < -0.3 is 10.1 Å². The van der Waals surface area contributed by atoms with Crippen LogP contribution in [0.25, 0.3) is 0 Å². The summed E-state index contributed by atoms with van der Waals surface area (Å²) in [5.74, 6) is -1.40. The molecule has 0 aliphatic carbocycles. The van der Waals surface area contributed by atoms with E-state index in [0.29, 0.717) is 10.6 Å². The molecule has 0 spiro atoms. The first-order valence-corrected chi connectivity index (χ1v) is 9.19. The average molecular weight is 388 g/mol. The van der Waals surface area contributed by atoms with Crippen molar-refractivity contribution in [2.45, 2.75) is 32.7 Å². The molecule has 0 fully saturated rings. The first kappa shape index (κ1) is 20.6. The van der Waals surface area contributed by atoms with Gasteiger partial charge in [-0.2, -0.15) is 0 Å². The zero-order valence-corrected chi connectivity index (χ0v) is 16.1. The van der Waals surface area contributed by atoms with E-state index < -0.39 is 12.6 Å². The van der Waals surface area contributed by atoms with E-state index in [-0.39, 0.29) is 28.9 Å². The van der Waals surface area contributed by atoms with Gasteiger partial charge in [-0.25, -0.2) is 4.79 Å². The van der Waals surface area contributed by atoms with Crippen LogP contribution in [0.5, 0.6) is 0 Å². The normalized spacial score (nSPS) is 10.5. The Labute approximate surface area is 163 Å². The third-order valence-corrected chi connectivity index (χ3v) is 4.44. The second-order valence-electron chi connectivity index (χ2n) is 6.04. The highest BCUT2D eigenvalue weighted by molar-refractivity contribution is 6.30. The van der Waals surface area contributed by atoms with Gasteiger partial charge in [0.1, 0.15) is 0 Å². The quantitative estimate of drug-likeness (QED) is 0.548. The molecule has 0 saturated carbocycles. The summed E-state index contributed by atoms with van der Waals surface area (Å²) in [6.07, 6.45) is 1.60. The predicted octanol–water partition coefficient (Wildman–Crippen LogP) is 4.03. The number of nitrogens with one attached hydrogen (secondary N) is 1. The number of hydrogen-bond donors (Lipinski definition) is 1. The van der Waals surface area contributed by atoms with Crippen molar-refractivity contribution in [3.63, 3.8) is 0 Å². The van der Waals surface area contributed by atoms with Crippen molar-refractivity contribution in [2.75, 3.05) is 6.61 Å². The standard InChI is InChI=1S/C21H22ClNO4/c1-3-16(4-2)23-19(24)13-27-21(26)18-8-6-5-7-17(18)20(25)14-9-11-15(22)12-10-14/h5-12,16H,3-4,13H2,1-2H3,(H,23,24). The van der Waals surface area contributed by atoms with Gasteiger partial charge in [-0.1, -0.05) is 43.6 Å². The summed E-state index contributed by atoms with van der Waals surface area (Å²) >= 11 is 5.85. The van der Waals surface area contributed by atoms with E-state index in [1.165, 1.54) is 6.07 Å². The highest BCUT2D eigenvalue weighted by atomic mass is 35.5. The monoisotopic (exact) mass is 387 g/mol. The lowest BCUT2D eigenvalue weighted by atomic mass is 9.98. The molecule has 0 aliphatic heterocycles. The number of hydrogen-bond acceptors (Lipinski definition) is 4. The topological polar surface area (TPSA) is 72.5 Å². The number of esters is 1. The highest BCUT2D eigenvalue weighted by Gasteiger charge is 2.20. The number of carbonyl (C=O) groups excluding carboxylic acids is 3. The molecule has 5 nitrogen and oxygen atoms in total. The van der Waals surface area contributed by atoms with Crippen molar-refractivity contribution in [1.29, 1.82) is 0 Å². The van der Waals surface area contributed by atoms with Gasteiger partial charge in [-0.3, -0.25) is 9.59 Å². The number of amides is 1.